The molecule has 1 heterocycles. The molecule has 2 atom stereocenters. The molecule has 0 unspecified atom stereocenters. The smallest absolute Gasteiger partial charge is 0.321 e. The Kier molecular flexibility index (Phi) is 3.69. The predicted octanol–water partition coefficient (Wildman–Crippen LogP) is 2.01. The van der Waals surface area contributed by atoms with Crippen molar-refractivity contribution in [1.82, 2.24) is 4.90 Å². The molecule has 2 rings (SSSR count). The van der Waals surface area contributed by atoms with Crippen LogP contribution in [-0.2, 0) is 4.79 Å². The molecule has 1 aromatic rings. The fourth-order valence-electron chi connectivity index (χ4n) is 2.22. The van der Waals surface area contributed by atoms with Gasteiger partial charge in [-0.15, -0.1) is 0 Å². The van der Waals surface area contributed by atoms with Crippen molar-refractivity contribution in [2.75, 3.05) is 18.4 Å². The third-order valence-electron chi connectivity index (χ3n) is 3.29. The standard InChI is InChI=1S/C13H15FN2O3/c1-8-6-16(7-11(8)12(17)18)13(19)15-10-4-2-3-9(14)5-10/h2-5,8,11H,6-7H2,1H3,(H,15,19)(H,17,18)/t8-,11-/m1/s1. The third-order valence-corrected chi connectivity index (χ3v) is 3.29. The predicted molar refractivity (Wildman–Crippen MR) is 67.3 cm³/mol. The van der Waals surface area contributed by atoms with Gasteiger partial charge in [-0.3, -0.25) is 4.79 Å². The number of carboxylic acid groups (broad SMARTS) is 1. The normalized spacial score (nSPS) is 22.3. The third kappa shape index (κ3) is 3.01. The first-order valence-electron chi connectivity index (χ1n) is 6.01. The molecule has 1 saturated heterocycles. The number of benzene rings is 1. The number of nitrogens with one attached hydrogen (secondary N) is 1. The molecular weight excluding hydrogens is 251 g/mol. The molecule has 0 saturated carbocycles. The van der Waals surface area contributed by atoms with E-state index in [1.165, 1.54) is 23.1 Å². The number of amides is 2. The van der Waals surface area contributed by atoms with Crippen LogP contribution in [0.1, 0.15) is 6.92 Å². The lowest BCUT2D eigenvalue weighted by Gasteiger charge is -2.16. The van der Waals surface area contributed by atoms with Gasteiger partial charge in [0.1, 0.15) is 5.82 Å². The number of halogens is 1. The lowest BCUT2D eigenvalue weighted by molar-refractivity contribution is -0.142. The van der Waals surface area contributed by atoms with Crippen LogP contribution in [0, 0.1) is 17.7 Å². The number of rotatable bonds is 2. The number of hydrogen-bond donors (Lipinski definition) is 2. The molecule has 6 heteroatoms. The van der Waals surface area contributed by atoms with Crippen LogP contribution in [-0.4, -0.2) is 35.1 Å². The second kappa shape index (κ2) is 5.26. The van der Waals surface area contributed by atoms with E-state index in [9.17, 15) is 14.0 Å². The van der Waals surface area contributed by atoms with Crippen LogP contribution in [0.5, 0.6) is 0 Å². The van der Waals surface area contributed by atoms with Crippen molar-refractivity contribution in [1.29, 1.82) is 0 Å². The van der Waals surface area contributed by atoms with Crippen LogP contribution in [0.15, 0.2) is 24.3 Å². The highest BCUT2D eigenvalue weighted by Crippen LogP contribution is 2.23. The van der Waals surface area contributed by atoms with E-state index in [-0.39, 0.29) is 12.5 Å². The summed E-state index contributed by atoms with van der Waals surface area (Å²) in [6, 6.07) is 5.17. The number of carbonyl (C=O) groups is 2. The fraction of sp³-hybridized carbons (Fsp3) is 0.385. The average Bonchev–Trinajstić information content (AvgIpc) is 2.71. The minimum Gasteiger partial charge on any atom is -0.481 e. The lowest BCUT2D eigenvalue weighted by Crippen LogP contribution is -2.33. The number of urea groups is 1. The summed E-state index contributed by atoms with van der Waals surface area (Å²) in [7, 11) is 0. The van der Waals surface area contributed by atoms with Crippen LogP contribution < -0.4 is 5.32 Å². The number of anilines is 1. The number of hydrogen-bond acceptors (Lipinski definition) is 2. The van der Waals surface area contributed by atoms with E-state index in [1.54, 1.807) is 13.0 Å². The Morgan fingerprint density at radius 1 is 1.42 bits per heavy atom. The van der Waals surface area contributed by atoms with Gasteiger partial charge in [-0.05, 0) is 24.1 Å². The number of likely N-dealkylation sites (tertiary alicyclic amines) is 1. The zero-order valence-electron chi connectivity index (χ0n) is 10.5. The van der Waals surface area contributed by atoms with Gasteiger partial charge in [0.25, 0.3) is 0 Å². The molecule has 1 fully saturated rings. The van der Waals surface area contributed by atoms with Crippen LogP contribution in [0.2, 0.25) is 0 Å². The number of carbonyl (C=O) groups excluding carboxylic acids is 1. The SMILES string of the molecule is C[C@@H]1CN(C(=O)Nc2cccc(F)c2)C[C@H]1C(=O)O. The number of carboxylic acids is 1. The molecular formula is C13H15FN2O3. The average molecular weight is 266 g/mol. The molecule has 1 aliphatic heterocycles. The second-order valence-electron chi connectivity index (χ2n) is 4.77. The van der Waals surface area contributed by atoms with Crippen LogP contribution >= 0.6 is 0 Å². The first kappa shape index (κ1) is 13.3. The summed E-state index contributed by atoms with van der Waals surface area (Å²) in [6.45, 7) is 2.37. The molecule has 2 N–H and O–H groups in total. The highest BCUT2D eigenvalue weighted by atomic mass is 19.1. The van der Waals surface area contributed by atoms with Crippen molar-refractivity contribution < 1.29 is 19.1 Å². The highest BCUT2D eigenvalue weighted by molar-refractivity contribution is 5.90. The topological polar surface area (TPSA) is 69.6 Å². The molecule has 102 valence electrons. The van der Waals surface area contributed by atoms with E-state index in [4.69, 9.17) is 5.11 Å². The summed E-state index contributed by atoms with van der Waals surface area (Å²) in [4.78, 5) is 24.4. The van der Waals surface area contributed by atoms with Gasteiger partial charge in [0.2, 0.25) is 0 Å². The Labute approximate surface area is 110 Å². The summed E-state index contributed by atoms with van der Waals surface area (Å²) in [5, 5.41) is 11.6. The quantitative estimate of drug-likeness (QED) is 0.860. The largest absolute Gasteiger partial charge is 0.481 e. The van der Waals surface area contributed by atoms with Crippen LogP contribution in [0.3, 0.4) is 0 Å². The van der Waals surface area contributed by atoms with E-state index in [1.807, 2.05) is 0 Å². The van der Waals surface area contributed by atoms with E-state index in [0.717, 1.165) is 0 Å². The van der Waals surface area contributed by atoms with E-state index < -0.39 is 23.7 Å². The Morgan fingerprint density at radius 2 is 2.16 bits per heavy atom. The maximum absolute atomic E-state index is 13.0. The molecule has 0 aromatic heterocycles. The zero-order chi connectivity index (χ0) is 14.0. The van der Waals surface area contributed by atoms with E-state index >= 15 is 0 Å². The lowest BCUT2D eigenvalue weighted by atomic mass is 9.99. The molecule has 1 aliphatic rings. The number of aliphatic carboxylic acids is 1. The van der Waals surface area contributed by atoms with Gasteiger partial charge in [-0.25, -0.2) is 9.18 Å². The van der Waals surface area contributed by atoms with Crippen LogP contribution in [0.4, 0.5) is 14.9 Å². The maximum Gasteiger partial charge on any atom is 0.321 e. The Balaban J connectivity index is 2.00. The first-order chi connectivity index (χ1) is 8.97. The van der Waals surface area contributed by atoms with Gasteiger partial charge < -0.3 is 15.3 Å². The van der Waals surface area contributed by atoms with Gasteiger partial charge in [0.15, 0.2) is 0 Å². The molecule has 5 nitrogen and oxygen atoms in total. The summed E-state index contributed by atoms with van der Waals surface area (Å²) < 4.78 is 13.0. The summed E-state index contributed by atoms with van der Waals surface area (Å²) in [5.41, 5.74) is 0.358. The fourth-order valence-corrected chi connectivity index (χ4v) is 2.22. The summed E-state index contributed by atoms with van der Waals surface area (Å²) in [6.07, 6.45) is 0. The number of nitrogens with zero attached hydrogens (tertiary/aromatic N) is 1. The molecule has 2 amide bonds. The van der Waals surface area contributed by atoms with Gasteiger partial charge in [0.05, 0.1) is 5.92 Å². The van der Waals surface area contributed by atoms with E-state index in [2.05, 4.69) is 5.32 Å². The van der Waals surface area contributed by atoms with Gasteiger partial charge in [-0.1, -0.05) is 13.0 Å². The Morgan fingerprint density at radius 3 is 2.74 bits per heavy atom. The monoisotopic (exact) mass is 266 g/mol. The highest BCUT2D eigenvalue weighted by Gasteiger charge is 2.36. The second-order valence-corrected chi connectivity index (χ2v) is 4.77. The maximum atomic E-state index is 13.0. The molecule has 1 aromatic carbocycles. The van der Waals surface area contributed by atoms with Crippen molar-refractivity contribution in [2.24, 2.45) is 11.8 Å². The van der Waals surface area contributed by atoms with Crippen molar-refractivity contribution in [2.45, 2.75) is 6.92 Å². The summed E-state index contributed by atoms with van der Waals surface area (Å²) >= 11 is 0. The zero-order valence-corrected chi connectivity index (χ0v) is 10.5. The minimum absolute atomic E-state index is 0.0873. The van der Waals surface area contributed by atoms with Crippen molar-refractivity contribution in [3.63, 3.8) is 0 Å². The van der Waals surface area contributed by atoms with Crippen molar-refractivity contribution in [3.8, 4) is 0 Å². The van der Waals surface area contributed by atoms with Crippen molar-refractivity contribution in [3.05, 3.63) is 30.1 Å². The molecule has 19 heavy (non-hydrogen) atoms. The minimum atomic E-state index is -0.895. The first-order valence-corrected chi connectivity index (χ1v) is 6.01. The Bertz CT molecular complexity index is 506. The van der Waals surface area contributed by atoms with Gasteiger partial charge >= 0.3 is 12.0 Å². The molecule has 0 bridgehead atoms. The van der Waals surface area contributed by atoms with Gasteiger partial charge in [-0.2, -0.15) is 0 Å². The molecule has 0 aliphatic carbocycles. The Hall–Kier alpha value is -2.11. The van der Waals surface area contributed by atoms with Gasteiger partial charge in [0, 0.05) is 18.8 Å². The van der Waals surface area contributed by atoms with Crippen LogP contribution in [0.25, 0.3) is 0 Å². The summed E-state index contributed by atoms with van der Waals surface area (Å²) in [5.74, 6) is -1.96. The van der Waals surface area contributed by atoms with Crippen molar-refractivity contribution >= 4 is 17.7 Å². The van der Waals surface area contributed by atoms with E-state index in [0.29, 0.717) is 12.2 Å². The molecule has 0 radical (unpaired) electrons. The molecule has 0 spiro atoms.